The van der Waals surface area contributed by atoms with E-state index in [9.17, 15) is 9.59 Å². The van der Waals surface area contributed by atoms with Crippen LogP contribution in [0.1, 0.15) is 39.0 Å². The number of halogens is 1. The summed E-state index contributed by atoms with van der Waals surface area (Å²) >= 11 is 2.19. The van der Waals surface area contributed by atoms with Gasteiger partial charge in [-0.25, -0.2) is 0 Å². The monoisotopic (exact) mass is 397 g/mol. The van der Waals surface area contributed by atoms with Crippen molar-refractivity contribution in [1.82, 2.24) is 4.98 Å². The predicted octanol–water partition coefficient (Wildman–Crippen LogP) is 3.70. The molecule has 1 N–H and O–H groups in total. The van der Waals surface area contributed by atoms with Gasteiger partial charge in [-0.2, -0.15) is 0 Å². The van der Waals surface area contributed by atoms with Crippen molar-refractivity contribution in [3.8, 4) is 5.75 Å². The average Bonchev–Trinajstić information content (AvgIpc) is 2.71. The van der Waals surface area contributed by atoms with Gasteiger partial charge in [-0.15, -0.1) is 0 Å². The lowest BCUT2D eigenvalue weighted by Gasteiger charge is -2.05. The van der Waals surface area contributed by atoms with Crippen molar-refractivity contribution in [1.29, 1.82) is 0 Å². The molecule has 1 aromatic heterocycles. The minimum absolute atomic E-state index is 0.0427. The summed E-state index contributed by atoms with van der Waals surface area (Å²) < 4.78 is 6.55. The zero-order chi connectivity index (χ0) is 15.6. The molecular formula is C16H16INO3. The van der Waals surface area contributed by atoms with Crippen LogP contribution in [0.25, 0.3) is 0 Å². The van der Waals surface area contributed by atoms with Gasteiger partial charge in [0.25, 0.3) is 0 Å². The number of ether oxygens (including phenoxy) is 1. The molecule has 0 aliphatic heterocycles. The summed E-state index contributed by atoms with van der Waals surface area (Å²) in [7, 11) is 0. The fourth-order valence-corrected chi connectivity index (χ4v) is 2.85. The van der Waals surface area contributed by atoms with Gasteiger partial charge in [0.2, 0.25) is 5.78 Å². The first-order valence-corrected chi connectivity index (χ1v) is 7.59. The Hall–Kier alpha value is -1.63. The van der Waals surface area contributed by atoms with Crippen LogP contribution in [0.4, 0.5) is 0 Å². The van der Waals surface area contributed by atoms with Crippen LogP contribution in [0.2, 0.25) is 0 Å². The topological polar surface area (TPSA) is 59.2 Å². The largest absolute Gasteiger partial charge is 0.485 e. The average molecular weight is 397 g/mol. The van der Waals surface area contributed by atoms with E-state index in [1.165, 1.54) is 6.92 Å². The van der Waals surface area contributed by atoms with Crippen LogP contribution < -0.4 is 4.74 Å². The molecule has 0 spiro atoms. The van der Waals surface area contributed by atoms with E-state index in [0.29, 0.717) is 22.6 Å². The smallest absolute Gasteiger partial charge is 0.216 e. The molecule has 0 aliphatic rings. The third-order valence-electron chi connectivity index (χ3n) is 3.23. The second kappa shape index (κ2) is 6.43. The van der Waals surface area contributed by atoms with Gasteiger partial charge in [0.1, 0.15) is 5.75 Å². The van der Waals surface area contributed by atoms with E-state index in [1.54, 1.807) is 13.8 Å². The number of aromatic amines is 1. The number of H-pyrrole nitrogens is 1. The molecule has 110 valence electrons. The van der Waals surface area contributed by atoms with E-state index in [1.807, 2.05) is 24.3 Å². The van der Waals surface area contributed by atoms with Crippen LogP contribution in [0.15, 0.2) is 24.3 Å². The van der Waals surface area contributed by atoms with Gasteiger partial charge in [0, 0.05) is 14.8 Å². The van der Waals surface area contributed by atoms with Crippen molar-refractivity contribution in [2.45, 2.75) is 20.8 Å². The van der Waals surface area contributed by atoms with Crippen molar-refractivity contribution in [2.75, 3.05) is 6.61 Å². The highest BCUT2D eigenvalue weighted by molar-refractivity contribution is 14.1. The zero-order valence-electron chi connectivity index (χ0n) is 12.1. The van der Waals surface area contributed by atoms with Gasteiger partial charge < -0.3 is 9.72 Å². The van der Waals surface area contributed by atoms with Gasteiger partial charge in [-0.05, 0) is 67.1 Å². The molecule has 21 heavy (non-hydrogen) atoms. The lowest BCUT2D eigenvalue weighted by atomic mass is 10.1. The van der Waals surface area contributed by atoms with E-state index in [-0.39, 0.29) is 18.2 Å². The molecule has 0 bridgehead atoms. The molecule has 1 aromatic carbocycles. The molecule has 4 nitrogen and oxygen atoms in total. The maximum absolute atomic E-state index is 12.2. The third-order valence-corrected chi connectivity index (χ3v) is 3.91. The van der Waals surface area contributed by atoms with Gasteiger partial charge in [0.15, 0.2) is 12.4 Å². The number of aryl methyl sites for hydroxylation is 1. The Kier molecular flexibility index (Phi) is 4.82. The van der Waals surface area contributed by atoms with E-state index >= 15 is 0 Å². The summed E-state index contributed by atoms with van der Waals surface area (Å²) in [6, 6.07) is 7.50. The Labute approximate surface area is 137 Å². The summed E-state index contributed by atoms with van der Waals surface area (Å²) in [5, 5.41) is 0. The van der Waals surface area contributed by atoms with Gasteiger partial charge >= 0.3 is 0 Å². The molecule has 5 heteroatoms. The molecule has 0 saturated heterocycles. The molecule has 0 radical (unpaired) electrons. The van der Waals surface area contributed by atoms with Crippen LogP contribution in [0.5, 0.6) is 5.75 Å². The normalized spacial score (nSPS) is 10.5. The first-order chi connectivity index (χ1) is 9.90. The Morgan fingerprint density at radius 3 is 2.57 bits per heavy atom. The van der Waals surface area contributed by atoms with Crippen LogP contribution in [0, 0.1) is 17.4 Å². The highest BCUT2D eigenvalue weighted by Gasteiger charge is 2.19. The number of nitrogens with one attached hydrogen (secondary N) is 1. The molecule has 0 atom stereocenters. The molecule has 0 aliphatic carbocycles. The minimum Gasteiger partial charge on any atom is -0.485 e. The maximum atomic E-state index is 12.2. The lowest BCUT2D eigenvalue weighted by Crippen LogP contribution is -2.13. The Bertz CT molecular complexity index is 704. The van der Waals surface area contributed by atoms with Gasteiger partial charge in [0.05, 0.1) is 5.69 Å². The minimum atomic E-state index is -0.165. The molecule has 2 aromatic rings. The Morgan fingerprint density at radius 2 is 2.00 bits per heavy atom. The number of rotatable bonds is 5. The summed E-state index contributed by atoms with van der Waals surface area (Å²) in [5.41, 5.74) is 2.45. The van der Waals surface area contributed by atoms with Crippen LogP contribution in [-0.2, 0) is 0 Å². The Balaban J connectivity index is 2.14. The van der Waals surface area contributed by atoms with E-state index < -0.39 is 0 Å². The molecule has 2 rings (SSSR count). The summed E-state index contributed by atoms with van der Waals surface area (Å²) in [6.07, 6.45) is 0. The quantitative estimate of drug-likeness (QED) is 0.619. The number of carbonyl (C=O) groups excluding carboxylic acids is 2. The standard InChI is InChI=1S/C16H16INO3/c1-9-15(11(3)19)10(2)18-16(9)14(20)8-21-13-6-4-5-12(17)7-13/h4-7,18H,8H2,1-3H3. The van der Waals surface area contributed by atoms with Crippen molar-refractivity contribution in [3.05, 3.63) is 50.4 Å². The fourth-order valence-electron chi connectivity index (χ4n) is 2.33. The molecule has 0 fully saturated rings. The highest BCUT2D eigenvalue weighted by Crippen LogP contribution is 2.20. The third kappa shape index (κ3) is 3.53. The van der Waals surface area contributed by atoms with Crippen molar-refractivity contribution in [2.24, 2.45) is 0 Å². The highest BCUT2D eigenvalue weighted by atomic mass is 127. The van der Waals surface area contributed by atoms with Gasteiger partial charge in [-0.1, -0.05) is 6.07 Å². The zero-order valence-corrected chi connectivity index (χ0v) is 14.3. The van der Waals surface area contributed by atoms with E-state index in [2.05, 4.69) is 27.6 Å². The number of Topliss-reactive ketones (excluding diaryl/α,β-unsaturated/α-hetero) is 2. The SMILES string of the molecule is CC(=O)c1c(C)[nH]c(C(=O)COc2cccc(I)c2)c1C. The molecule has 0 amide bonds. The summed E-state index contributed by atoms with van der Waals surface area (Å²) in [6.45, 7) is 5.01. The summed E-state index contributed by atoms with van der Waals surface area (Å²) in [5.74, 6) is 0.448. The van der Waals surface area contributed by atoms with Crippen molar-refractivity contribution in [3.63, 3.8) is 0 Å². The Morgan fingerprint density at radius 1 is 1.29 bits per heavy atom. The number of carbonyl (C=O) groups is 2. The molecule has 1 heterocycles. The lowest BCUT2D eigenvalue weighted by molar-refractivity contribution is 0.0916. The molecule has 0 saturated carbocycles. The molecular weight excluding hydrogens is 381 g/mol. The van der Waals surface area contributed by atoms with E-state index in [4.69, 9.17) is 4.74 Å². The maximum Gasteiger partial charge on any atom is 0.216 e. The van der Waals surface area contributed by atoms with Crippen LogP contribution in [-0.4, -0.2) is 23.2 Å². The van der Waals surface area contributed by atoms with Crippen molar-refractivity contribution < 1.29 is 14.3 Å². The first-order valence-electron chi connectivity index (χ1n) is 6.51. The summed E-state index contributed by atoms with van der Waals surface area (Å²) in [4.78, 5) is 26.8. The second-order valence-electron chi connectivity index (χ2n) is 4.85. The number of hydrogen-bond acceptors (Lipinski definition) is 3. The molecule has 0 unspecified atom stereocenters. The number of benzene rings is 1. The van der Waals surface area contributed by atoms with Crippen molar-refractivity contribution >= 4 is 34.2 Å². The van der Waals surface area contributed by atoms with Crippen LogP contribution >= 0.6 is 22.6 Å². The number of ketones is 2. The van der Waals surface area contributed by atoms with Gasteiger partial charge in [-0.3, -0.25) is 9.59 Å². The van der Waals surface area contributed by atoms with E-state index in [0.717, 1.165) is 9.26 Å². The predicted molar refractivity (Wildman–Crippen MR) is 89.3 cm³/mol. The number of hydrogen-bond donors (Lipinski definition) is 1. The fraction of sp³-hybridized carbons (Fsp3) is 0.250. The second-order valence-corrected chi connectivity index (χ2v) is 6.10. The first kappa shape index (κ1) is 15.8. The van der Waals surface area contributed by atoms with Crippen LogP contribution in [0.3, 0.4) is 0 Å². The number of aromatic nitrogens is 1.